The van der Waals surface area contributed by atoms with Crippen LogP contribution in [-0.4, -0.2) is 9.97 Å². The van der Waals surface area contributed by atoms with Crippen molar-refractivity contribution in [2.75, 3.05) is 0 Å². The van der Waals surface area contributed by atoms with Crippen LogP contribution in [0.25, 0.3) is 33.4 Å². The zero-order valence-corrected chi connectivity index (χ0v) is 10.2. The van der Waals surface area contributed by atoms with Gasteiger partial charge in [-0.2, -0.15) is 0 Å². The van der Waals surface area contributed by atoms with Gasteiger partial charge in [0.15, 0.2) is 5.82 Å². The van der Waals surface area contributed by atoms with Gasteiger partial charge in [-0.25, -0.2) is 13.8 Å². The zero-order chi connectivity index (χ0) is 13.7. The summed E-state index contributed by atoms with van der Waals surface area (Å²) < 4.78 is 32.3. The first-order valence-corrected chi connectivity index (χ1v) is 6.04. The van der Waals surface area contributed by atoms with Crippen molar-refractivity contribution in [2.24, 2.45) is 0 Å². The number of hydrogen-bond acceptors (Lipinski definition) is 2. The number of aromatic nitrogens is 2. The van der Waals surface area contributed by atoms with Crippen molar-refractivity contribution in [3.05, 3.63) is 54.3 Å². The molecule has 0 spiro atoms. The van der Waals surface area contributed by atoms with Crippen LogP contribution in [0.4, 0.5) is 8.78 Å². The zero-order valence-electron chi connectivity index (χ0n) is 10.2. The Morgan fingerprint density at radius 2 is 1.95 bits per heavy atom. The highest BCUT2D eigenvalue weighted by atomic mass is 19.1. The molecule has 0 amide bonds. The number of benzene rings is 2. The van der Waals surface area contributed by atoms with E-state index in [4.69, 9.17) is 4.42 Å². The van der Waals surface area contributed by atoms with Crippen molar-refractivity contribution in [3.63, 3.8) is 0 Å². The molecule has 2 aromatic heterocycles. The maximum absolute atomic E-state index is 13.7. The number of furan rings is 1. The maximum atomic E-state index is 13.7. The van der Waals surface area contributed by atoms with Gasteiger partial charge in [0, 0.05) is 11.5 Å². The van der Waals surface area contributed by atoms with Crippen LogP contribution in [0.15, 0.2) is 47.1 Å². The molecule has 0 unspecified atom stereocenters. The number of imidazole rings is 1. The van der Waals surface area contributed by atoms with Gasteiger partial charge in [0.1, 0.15) is 29.0 Å². The average molecular weight is 270 g/mol. The topological polar surface area (TPSA) is 41.8 Å². The van der Waals surface area contributed by atoms with Crippen LogP contribution in [0.5, 0.6) is 0 Å². The van der Waals surface area contributed by atoms with Crippen molar-refractivity contribution < 1.29 is 13.2 Å². The van der Waals surface area contributed by atoms with Gasteiger partial charge in [-0.15, -0.1) is 0 Å². The number of rotatable bonds is 1. The lowest BCUT2D eigenvalue weighted by atomic mass is 10.2. The van der Waals surface area contributed by atoms with Gasteiger partial charge in [-0.1, -0.05) is 18.2 Å². The summed E-state index contributed by atoms with van der Waals surface area (Å²) in [6.45, 7) is 0. The summed E-state index contributed by atoms with van der Waals surface area (Å²) in [6.07, 6.45) is 1.55. The molecule has 0 fully saturated rings. The van der Waals surface area contributed by atoms with Gasteiger partial charge in [0.05, 0.1) is 11.1 Å². The Bertz CT molecular complexity index is 940. The second kappa shape index (κ2) is 3.90. The summed E-state index contributed by atoms with van der Waals surface area (Å²) in [4.78, 5) is 7.11. The minimum atomic E-state index is -0.685. The summed E-state index contributed by atoms with van der Waals surface area (Å²) in [7, 11) is 0. The van der Waals surface area contributed by atoms with Crippen molar-refractivity contribution in [2.45, 2.75) is 0 Å². The number of nitrogens with zero attached hydrogens (tertiary/aromatic N) is 1. The number of H-pyrrole nitrogens is 1. The highest BCUT2D eigenvalue weighted by Crippen LogP contribution is 2.30. The third-order valence-electron chi connectivity index (χ3n) is 3.24. The van der Waals surface area contributed by atoms with E-state index in [0.717, 1.165) is 22.6 Å². The van der Waals surface area contributed by atoms with E-state index in [0.29, 0.717) is 11.3 Å². The van der Waals surface area contributed by atoms with E-state index in [1.54, 1.807) is 6.26 Å². The third-order valence-corrected chi connectivity index (χ3v) is 3.24. The molecule has 0 aliphatic rings. The van der Waals surface area contributed by atoms with Crippen LogP contribution in [0.3, 0.4) is 0 Å². The predicted molar refractivity (Wildman–Crippen MR) is 71.2 cm³/mol. The molecular weight excluding hydrogens is 262 g/mol. The molecule has 20 heavy (non-hydrogen) atoms. The molecule has 98 valence electrons. The highest BCUT2D eigenvalue weighted by Gasteiger charge is 2.14. The first-order valence-electron chi connectivity index (χ1n) is 6.04. The number of aromatic amines is 1. The smallest absolute Gasteiger partial charge is 0.153 e. The van der Waals surface area contributed by atoms with Crippen LogP contribution in [-0.2, 0) is 0 Å². The number of halogens is 2. The van der Waals surface area contributed by atoms with E-state index in [-0.39, 0.29) is 5.52 Å². The monoisotopic (exact) mass is 270 g/mol. The number of hydrogen-bond donors (Lipinski definition) is 1. The van der Waals surface area contributed by atoms with E-state index < -0.39 is 11.6 Å². The van der Waals surface area contributed by atoms with Crippen molar-refractivity contribution in [1.29, 1.82) is 0 Å². The van der Waals surface area contributed by atoms with Gasteiger partial charge in [0.2, 0.25) is 0 Å². The SMILES string of the molecule is Fc1cc(F)c2nc(-c3coc4ccccc34)[nH]c2c1. The molecule has 0 bridgehead atoms. The Morgan fingerprint density at radius 1 is 1.10 bits per heavy atom. The van der Waals surface area contributed by atoms with Gasteiger partial charge in [-0.05, 0) is 12.1 Å². The van der Waals surface area contributed by atoms with Crippen LogP contribution in [0.2, 0.25) is 0 Å². The van der Waals surface area contributed by atoms with Crippen LogP contribution in [0, 0.1) is 11.6 Å². The normalized spacial score (nSPS) is 11.5. The van der Waals surface area contributed by atoms with E-state index in [2.05, 4.69) is 9.97 Å². The van der Waals surface area contributed by atoms with Crippen LogP contribution < -0.4 is 0 Å². The summed E-state index contributed by atoms with van der Waals surface area (Å²) in [5.41, 5.74) is 1.88. The molecule has 3 nitrogen and oxygen atoms in total. The van der Waals surface area contributed by atoms with Crippen molar-refractivity contribution >= 4 is 22.0 Å². The largest absolute Gasteiger partial charge is 0.464 e. The molecule has 2 aromatic carbocycles. The summed E-state index contributed by atoms with van der Waals surface area (Å²) in [5.74, 6) is -0.869. The molecular formula is C15H8F2N2O. The fourth-order valence-corrected chi connectivity index (χ4v) is 2.33. The molecule has 0 aliphatic heterocycles. The average Bonchev–Trinajstić information content (AvgIpc) is 3.01. The number of fused-ring (bicyclic) bond motifs is 2. The Labute approximate surface area is 111 Å². The quantitative estimate of drug-likeness (QED) is 0.561. The first kappa shape index (κ1) is 11.2. The molecule has 4 rings (SSSR count). The fourth-order valence-electron chi connectivity index (χ4n) is 2.33. The molecule has 0 aliphatic carbocycles. The lowest BCUT2D eigenvalue weighted by molar-refractivity contribution is 0.590. The Hall–Kier alpha value is -2.69. The minimum absolute atomic E-state index is 0.117. The van der Waals surface area contributed by atoms with Crippen molar-refractivity contribution in [1.82, 2.24) is 9.97 Å². The van der Waals surface area contributed by atoms with Gasteiger partial charge in [-0.3, -0.25) is 0 Å². The second-order valence-corrected chi connectivity index (χ2v) is 4.51. The lowest BCUT2D eigenvalue weighted by Gasteiger charge is -1.91. The van der Waals surface area contributed by atoms with Gasteiger partial charge in [0.25, 0.3) is 0 Å². The maximum Gasteiger partial charge on any atom is 0.153 e. The minimum Gasteiger partial charge on any atom is -0.464 e. The molecule has 0 atom stereocenters. The van der Waals surface area contributed by atoms with Gasteiger partial charge >= 0.3 is 0 Å². The standard InChI is InChI=1S/C15H8F2N2O/c16-8-5-11(17)14-12(6-8)18-15(19-14)10-7-20-13-4-2-1-3-9(10)13/h1-7H,(H,18,19). The van der Waals surface area contributed by atoms with Crippen LogP contribution >= 0.6 is 0 Å². The Morgan fingerprint density at radius 3 is 2.85 bits per heavy atom. The first-order chi connectivity index (χ1) is 9.72. The van der Waals surface area contributed by atoms with Crippen molar-refractivity contribution in [3.8, 4) is 11.4 Å². The molecule has 2 heterocycles. The van der Waals surface area contributed by atoms with E-state index >= 15 is 0 Å². The van der Waals surface area contributed by atoms with Gasteiger partial charge < -0.3 is 9.40 Å². The predicted octanol–water partition coefficient (Wildman–Crippen LogP) is 4.25. The lowest BCUT2D eigenvalue weighted by Crippen LogP contribution is -1.81. The molecule has 4 aromatic rings. The number of nitrogens with one attached hydrogen (secondary N) is 1. The van der Waals surface area contributed by atoms with E-state index in [1.165, 1.54) is 6.07 Å². The Balaban J connectivity index is 2.01. The summed E-state index contributed by atoms with van der Waals surface area (Å²) >= 11 is 0. The third kappa shape index (κ3) is 1.53. The molecule has 0 radical (unpaired) electrons. The summed E-state index contributed by atoms with van der Waals surface area (Å²) in [6, 6.07) is 9.51. The molecule has 1 N–H and O–H groups in total. The number of para-hydroxylation sites is 1. The van der Waals surface area contributed by atoms with E-state index in [9.17, 15) is 8.78 Å². The van der Waals surface area contributed by atoms with Crippen LogP contribution in [0.1, 0.15) is 0 Å². The molecule has 5 heteroatoms. The second-order valence-electron chi connectivity index (χ2n) is 4.51. The van der Waals surface area contributed by atoms with E-state index in [1.807, 2.05) is 24.3 Å². The fraction of sp³-hybridized carbons (Fsp3) is 0. The summed E-state index contributed by atoms with van der Waals surface area (Å²) in [5, 5.41) is 0.868. The Kier molecular flexibility index (Phi) is 2.18. The molecule has 0 saturated heterocycles. The highest BCUT2D eigenvalue weighted by molar-refractivity contribution is 5.94. The molecule has 0 saturated carbocycles.